The van der Waals surface area contributed by atoms with Gasteiger partial charge in [-0.25, -0.2) is 4.98 Å². The van der Waals surface area contributed by atoms with Gasteiger partial charge >= 0.3 is 0 Å². The van der Waals surface area contributed by atoms with Crippen LogP contribution >= 0.6 is 11.6 Å². The first-order chi connectivity index (χ1) is 18.1. The Morgan fingerprint density at radius 2 is 1.92 bits per heavy atom. The lowest BCUT2D eigenvalue weighted by atomic mass is 9.79. The molecule has 6 nitrogen and oxygen atoms in total. The first kappa shape index (κ1) is 26.0. The van der Waals surface area contributed by atoms with Crippen LogP contribution in [0, 0.1) is 5.92 Å². The van der Waals surface area contributed by atoms with Gasteiger partial charge in [0.05, 0.1) is 12.1 Å². The third-order valence-corrected chi connectivity index (χ3v) is 8.48. The van der Waals surface area contributed by atoms with Crippen LogP contribution in [0.25, 0.3) is 11.4 Å². The maximum Gasteiger partial charge on any atom is 0.222 e. The van der Waals surface area contributed by atoms with Crippen molar-refractivity contribution in [3.05, 3.63) is 77.1 Å². The second-order valence-corrected chi connectivity index (χ2v) is 10.7. The van der Waals surface area contributed by atoms with Crippen LogP contribution in [0.2, 0.25) is 5.02 Å². The van der Waals surface area contributed by atoms with Gasteiger partial charge in [0, 0.05) is 62.7 Å². The number of likely N-dealkylation sites (N-methyl/N-ethyl adjacent to an activating group) is 1. The smallest absolute Gasteiger partial charge is 0.222 e. The second-order valence-electron chi connectivity index (χ2n) is 10.2. The molecule has 2 aliphatic heterocycles. The minimum Gasteiger partial charge on any atom is -0.383 e. The lowest BCUT2D eigenvalue weighted by Crippen LogP contribution is -2.43. The molecule has 2 aromatic carbocycles. The number of methoxy groups -OCH3 is 1. The number of benzene rings is 2. The van der Waals surface area contributed by atoms with Crippen molar-refractivity contribution in [1.82, 2.24) is 19.4 Å². The molecule has 2 aliphatic rings. The molecule has 5 rings (SSSR count). The summed E-state index contributed by atoms with van der Waals surface area (Å²) in [4.78, 5) is 22.7. The molecule has 1 amide bonds. The fourth-order valence-corrected chi connectivity index (χ4v) is 6.30. The van der Waals surface area contributed by atoms with Crippen molar-refractivity contribution in [2.75, 3.05) is 46.4 Å². The Kier molecular flexibility index (Phi) is 7.98. The normalized spacial score (nSPS) is 19.3. The lowest BCUT2D eigenvalue weighted by Gasteiger charge is -2.37. The van der Waals surface area contributed by atoms with Crippen molar-refractivity contribution in [3.8, 4) is 11.4 Å². The minimum absolute atomic E-state index is 0.240. The highest BCUT2D eigenvalue weighted by Gasteiger charge is 2.45. The highest BCUT2D eigenvalue weighted by molar-refractivity contribution is 6.30. The van der Waals surface area contributed by atoms with Crippen molar-refractivity contribution in [2.24, 2.45) is 5.92 Å². The number of imidazole rings is 1. The molecule has 0 spiro atoms. The number of hydrogen-bond donors (Lipinski definition) is 0. The molecule has 37 heavy (non-hydrogen) atoms. The molecule has 0 bridgehead atoms. The SMILES string of the molecule is CCN(CCOC)CC1CCN(C(=O)CCC2(c3ccc(Cl)cc3)c3ccccc3-c3nccn32)CC1. The van der Waals surface area contributed by atoms with E-state index in [9.17, 15) is 4.79 Å². The summed E-state index contributed by atoms with van der Waals surface area (Å²) in [7, 11) is 1.76. The van der Waals surface area contributed by atoms with E-state index in [0.29, 0.717) is 23.8 Å². The van der Waals surface area contributed by atoms with Gasteiger partial charge in [0.15, 0.2) is 0 Å². The molecule has 196 valence electrons. The monoisotopic (exact) mass is 520 g/mol. The Morgan fingerprint density at radius 3 is 2.65 bits per heavy atom. The van der Waals surface area contributed by atoms with Crippen LogP contribution in [0.15, 0.2) is 60.9 Å². The Morgan fingerprint density at radius 1 is 1.16 bits per heavy atom. The molecule has 7 heteroatoms. The van der Waals surface area contributed by atoms with Crippen LogP contribution in [0.1, 0.15) is 43.7 Å². The number of piperidine rings is 1. The lowest BCUT2D eigenvalue weighted by molar-refractivity contribution is -0.133. The number of ether oxygens (including phenoxy) is 1. The van der Waals surface area contributed by atoms with Gasteiger partial charge in [0.1, 0.15) is 5.82 Å². The fraction of sp³-hybridized carbons (Fsp3) is 0.467. The molecule has 1 atom stereocenters. The van der Waals surface area contributed by atoms with Gasteiger partial charge in [-0.1, -0.05) is 54.9 Å². The molecule has 0 N–H and O–H groups in total. The van der Waals surface area contributed by atoms with Crippen LogP contribution in [-0.4, -0.2) is 71.7 Å². The van der Waals surface area contributed by atoms with Gasteiger partial charge in [-0.15, -0.1) is 0 Å². The number of aromatic nitrogens is 2. The van der Waals surface area contributed by atoms with Crippen LogP contribution in [-0.2, 0) is 15.1 Å². The predicted molar refractivity (Wildman–Crippen MR) is 148 cm³/mol. The molecule has 3 heterocycles. The van der Waals surface area contributed by atoms with E-state index in [1.54, 1.807) is 7.11 Å². The number of halogens is 1. The van der Waals surface area contributed by atoms with E-state index in [1.165, 1.54) is 5.56 Å². The zero-order valence-corrected chi connectivity index (χ0v) is 22.7. The van der Waals surface area contributed by atoms with Gasteiger partial charge < -0.3 is 19.1 Å². The zero-order valence-electron chi connectivity index (χ0n) is 21.9. The molecule has 0 radical (unpaired) electrons. The standard InChI is InChI=1S/C30H37ClN4O2/c1-3-33(20-21-37-2)22-23-13-17-34(18-14-23)28(36)12-15-30(24-8-10-25(31)11-9-24)27-7-5-4-6-26(27)29-32-16-19-35(29)30/h4-11,16,19,23H,3,12-15,17-18,20-22H2,1-2H3. The van der Waals surface area contributed by atoms with E-state index in [1.807, 2.05) is 24.5 Å². The van der Waals surface area contributed by atoms with Crippen molar-refractivity contribution in [3.63, 3.8) is 0 Å². The number of carbonyl (C=O) groups is 1. The summed E-state index contributed by atoms with van der Waals surface area (Å²) in [5.74, 6) is 1.83. The van der Waals surface area contributed by atoms with E-state index in [2.05, 4.69) is 62.7 Å². The summed E-state index contributed by atoms with van der Waals surface area (Å²) in [5.41, 5.74) is 2.97. The summed E-state index contributed by atoms with van der Waals surface area (Å²) in [5, 5.41) is 0.707. The third kappa shape index (κ3) is 5.07. The van der Waals surface area contributed by atoms with E-state index in [4.69, 9.17) is 16.3 Å². The number of nitrogens with zero attached hydrogens (tertiary/aromatic N) is 4. The number of hydrogen-bond acceptors (Lipinski definition) is 4. The third-order valence-electron chi connectivity index (χ3n) is 8.23. The Balaban J connectivity index is 1.31. The average Bonchev–Trinajstić information content (AvgIpc) is 3.52. The van der Waals surface area contributed by atoms with Crippen LogP contribution in [0.4, 0.5) is 0 Å². The molecule has 0 saturated carbocycles. The van der Waals surface area contributed by atoms with Crippen molar-refractivity contribution < 1.29 is 9.53 Å². The molecule has 1 fully saturated rings. The zero-order chi connectivity index (χ0) is 25.8. The summed E-state index contributed by atoms with van der Waals surface area (Å²) < 4.78 is 7.51. The van der Waals surface area contributed by atoms with Crippen molar-refractivity contribution in [1.29, 1.82) is 0 Å². The Labute approximate surface area is 225 Å². The summed E-state index contributed by atoms with van der Waals surface area (Å²) in [6.45, 7) is 7.74. The Bertz CT molecular complexity index is 1200. The first-order valence-corrected chi connectivity index (χ1v) is 13.8. The first-order valence-electron chi connectivity index (χ1n) is 13.5. The van der Waals surface area contributed by atoms with Gasteiger partial charge in [0.2, 0.25) is 5.91 Å². The van der Waals surface area contributed by atoms with Crippen molar-refractivity contribution in [2.45, 2.75) is 38.1 Å². The fourth-order valence-electron chi connectivity index (χ4n) is 6.17. The van der Waals surface area contributed by atoms with Crippen molar-refractivity contribution >= 4 is 17.5 Å². The number of likely N-dealkylation sites (tertiary alicyclic amines) is 1. The van der Waals surface area contributed by atoms with E-state index in [0.717, 1.165) is 69.1 Å². The molecular formula is C30H37ClN4O2. The molecule has 1 unspecified atom stereocenters. The minimum atomic E-state index is -0.482. The van der Waals surface area contributed by atoms with Gasteiger partial charge in [-0.2, -0.15) is 0 Å². The highest BCUT2D eigenvalue weighted by Crippen LogP contribution is 2.49. The van der Waals surface area contributed by atoms with Crippen LogP contribution in [0.3, 0.4) is 0 Å². The highest BCUT2D eigenvalue weighted by atomic mass is 35.5. The number of amides is 1. The molecule has 3 aromatic rings. The van der Waals surface area contributed by atoms with Crippen LogP contribution in [0.5, 0.6) is 0 Å². The average molecular weight is 521 g/mol. The van der Waals surface area contributed by atoms with E-state index >= 15 is 0 Å². The van der Waals surface area contributed by atoms with E-state index in [-0.39, 0.29) is 5.91 Å². The van der Waals surface area contributed by atoms with E-state index < -0.39 is 5.54 Å². The quantitative estimate of drug-likeness (QED) is 0.364. The Hall–Kier alpha value is -2.67. The number of carbonyl (C=O) groups excluding carboxylic acids is 1. The topological polar surface area (TPSA) is 50.6 Å². The number of fused-ring (bicyclic) bond motifs is 3. The molecule has 1 saturated heterocycles. The molecule has 1 aromatic heterocycles. The second kappa shape index (κ2) is 11.4. The van der Waals surface area contributed by atoms with Crippen LogP contribution < -0.4 is 0 Å². The number of rotatable bonds is 10. The molecule has 0 aliphatic carbocycles. The maximum atomic E-state index is 13.5. The molecular weight excluding hydrogens is 484 g/mol. The van der Waals surface area contributed by atoms with Gasteiger partial charge in [-0.05, 0) is 55.0 Å². The summed E-state index contributed by atoms with van der Waals surface area (Å²) in [6, 6.07) is 16.5. The van der Waals surface area contributed by atoms with Gasteiger partial charge in [-0.3, -0.25) is 4.79 Å². The maximum absolute atomic E-state index is 13.5. The summed E-state index contributed by atoms with van der Waals surface area (Å²) in [6.07, 6.45) is 7.18. The summed E-state index contributed by atoms with van der Waals surface area (Å²) >= 11 is 6.26. The largest absolute Gasteiger partial charge is 0.383 e. The predicted octanol–water partition coefficient (Wildman–Crippen LogP) is 5.30. The van der Waals surface area contributed by atoms with Gasteiger partial charge in [0.25, 0.3) is 0 Å².